The van der Waals surface area contributed by atoms with Gasteiger partial charge in [0.05, 0.1) is 6.61 Å². The molecule has 1 aliphatic carbocycles. The van der Waals surface area contributed by atoms with Crippen molar-refractivity contribution in [3.63, 3.8) is 0 Å². The highest BCUT2D eigenvalue weighted by atomic mass is 16.2. The predicted molar refractivity (Wildman–Crippen MR) is 79.4 cm³/mol. The van der Waals surface area contributed by atoms with Crippen molar-refractivity contribution in [3.8, 4) is 11.8 Å². The van der Waals surface area contributed by atoms with Crippen LogP contribution in [0, 0.1) is 24.2 Å². The summed E-state index contributed by atoms with van der Waals surface area (Å²) in [6.45, 7) is 6.32. The van der Waals surface area contributed by atoms with Crippen LogP contribution in [-0.2, 0) is 0 Å². The maximum atomic E-state index is 12.2. The number of hydrogen-bond acceptors (Lipinski definition) is 2. The van der Waals surface area contributed by atoms with Gasteiger partial charge in [0.1, 0.15) is 0 Å². The Hall–Kier alpha value is -1.79. The Morgan fingerprint density at radius 1 is 1.45 bits per heavy atom. The van der Waals surface area contributed by atoms with Crippen LogP contribution in [0.4, 0.5) is 0 Å². The largest absolute Gasteiger partial charge is 0.395 e. The van der Waals surface area contributed by atoms with E-state index in [1.165, 1.54) is 0 Å². The molecule has 1 atom stereocenters. The molecule has 1 fully saturated rings. The van der Waals surface area contributed by atoms with Gasteiger partial charge in [-0.25, -0.2) is 0 Å². The number of amides is 1. The number of aliphatic hydroxyl groups is 1. The lowest BCUT2D eigenvalue weighted by atomic mass is 10.1. The van der Waals surface area contributed by atoms with E-state index in [9.17, 15) is 4.79 Å². The summed E-state index contributed by atoms with van der Waals surface area (Å²) in [4.78, 5) is 12.2. The average Bonchev–Trinajstić information content (AvgIpc) is 2.96. The Kier molecular flexibility index (Phi) is 4.15. The fourth-order valence-electron chi connectivity index (χ4n) is 2.16. The summed E-state index contributed by atoms with van der Waals surface area (Å²) >= 11 is 0. The van der Waals surface area contributed by atoms with Crippen molar-refractivity contribution < 1.29 is 9.90 Å². The molecule has 1 aromatic carbocycles. The molecule has 1 aliphatic rings. The molecule has 1 saturated carbocycles. The molecule has 0 aliphatic heterocycles. The normalized spacial score (nSPS) is 18.9. The quantitative estimate of drug-likeness (QED) is 0.828. The fraction of sp³-hybridized carbons (Fsp3) is 0.471. The molecule has 0 aromatic heterocycles. The van der Waals surface area contributed by atoms with Crippen LogP contribution in [0.2, 0.25) is 0 Å². The summed E-state index contributed by atoms with van der Waals surface area (Å²) in [6, 6.07) is 5.91. The smallest absolute Gasteiger partial charge is 0.251 e. The first-order chi connectivity index (χ1) is 9.42. The Bertz CT molecular complexity index is 578. The minimum absolute atomic E-state index is 0.0329. The van der Waals surface area contributed by atoms with E-state index in [2.05, 4.69) is 31.0 Å². The molecule has 0 bridgehead atoms. The number of benzene rings is 1. The summed E-state index contributed by atoms with van der Waals surface area (Å²) in [7, 11) is 0. The molecule has 3 nitrogen and oxygen atoms in total. The van der Waals surface area contributed by atoms with Crippen LogP contribution in [0.25, 0.3) is 0 Å². The highest BCUT2D eigenvalue weighted by molar-refractivity contribution is 5.95. The van der Waals surface area contributed by atoms with Crippen molar-refractivity contribution in [3.05, 3.63) is 34.9 Å². The number of nitrogens with one attached hydrogen (secondary N) is 1. The molecular formula is C17H21NO2. The van der Waals surface area contributed by atoms with Gasteiger partial charge in [-0.3, -0.25) is 4.79 Å². The molecule has 0 radical (unpaired) electrons. The third kappa shape index (κ3) is 3.61. The van der Waals surface area contributed by atoms with Crippen molar-refractivity contribution in [2.24, 2.45) is 5.41 Å². The molecule has 20 heavy (non-hydrogen) atoms. The number of aryl methyl sites for hydroxylation is 1. The van der Waals surface area contributed by atoms with Crippen molar-refractivity contribution in [1.82, 2.24) is 5.32 Å². The molecule has 0 heterocycles. The standard InChI is InChI=1S/C17H21NO2/c1-12-8-13(6-4-5-7-19)10-14(9-12)16(20)18-15-11-17(15,2)3/h8-10,15,19H,5,7,11H2,1-3H3,(H,18,20). The summed E-state index contributed by atoms with van der Waals surface area (Å²) in [6.07, 6.45) is 1.49. The second kappa shape index (κ2) is 5.68. The van der Waals surface area contributed by atoms with Crippen molar-refractivity contribution >= 4 is 5.91 Å². The van der Waals surface area contributed by atoms with Gasteiger partial charge in [0, 0.05) is 23.6 Å². The molecule has 1 unspecified atom stereocenters. The van der Waals surface area contributed by atoms with Crippen molar-refractivity contribution in [1.29, 1.82) is 0 Å². The zero-order valence-electron chi connectivity index (χ0n) is 12.3. The van der Waals surface area contributed by atoms with E-state index < -0.39 is 0 Å². The number of rotatable bonds is 3. The van der Waals surface area contributed by atoms with E-state index in [1.54, 1.807) is 0 Å². The summed E-state index contributed by atoms with van der Waals surface area (Å²) in [5.41, 5.74) is 2.71. The zero-order chi connectivity index (χ0) is 14.8. The van der Waals surface area contributed by atoms with Gasteiger partial charge in [-0.1, -0.05) is 25.7 Å². The third-order valence-electron chi connectivity index (χ3n) is 3.63. The van der Waals surface area contributed by atoms with Crippen LogP contribution in [-0.4, -0.2) is 23.7 Å². The number of carbonyl (C=O) groups excluding carboxylic acids is 1. The van der Waals surface area contributed by atoms with E-state index >= 15 is 0 Å². The van der Waals surface area contributed by atoms with Crippen LogP contribution in [0.1, 0.15) is 48.2 Å². The first-order valence-electron chi connectivity index (χ1n) is 6.95. The van der Waals surface area contributed by atoms with Crippen molar-refractivity contribution in [2.45, 2.75) is 39.7 Å². The first-order valence-corrected chi connectivity index (χ1v) is 6.95. The Balaban J connectivity index is 2.11. The summed E-state index contributed by atoms with van der Waals surface area (Å²) in [5.74, 6) is 5.82. The lowest BCUT2D eigenvalue weighted by Gasteiger charge is -2.08. The third-order valence-corrected chi connectivity index (χ3v) is 3.63. The van der Waals surface area contributed by atoms with Gasteiger partial charge in [0.2, 0.25) is 0 Å². The fourth-order valence-corrected chi connectivity index (χ4v) is 2.16. The van der Waals surface area contributed by atoms with Crippen molar-refractivity contribution in [2.75, 3.05) is 6.61 Å². The molecule has 0 saturated heterocycles. The molecule has 3 heteroatoms. The lowest BCUT2D eigenvalue weighted by molar-refractivity contribution is 0.0946. The maximum Gasteiger partial charge on any atom is 0.251 e. The molecule has 0 spiro atoms. The van der Waals surface area contributed by atoms with E-state index in [0.717, 1.165) is 17.5 Å². The van der Waals surface area contributed by atoms with Gasteiger partial charge in [-0.05, 0) is 42.5 Å². The second-order valence-electron chi connectivity index (χ2n) is 6.08. The SMILES string of the molecule is Cc1cc(C#CCCO)cc(C(=O)NC2CC2(C)C)c1. The van der Waals surface area contributed by atoms with E-state index in [0.29, 0.717) is 12.0 Å². The van der Waals surface area contributed by atoms with Crippen LogP contribution < -0.4 is 5.32 Å². The van der Waals surface area contributed by atoms with Crippen LogP contribution in [0.15, 0.2) is 18.2 Å². The van der Waals surface area contributed by atoms with Crippen LogP contribution >= 0.6 is 0 Å². The number of carbonyl (C=O) groups is 1. The van der Waals surface area contributed by atoms with Gasteiger partial charge in [-0.2, -0.15) is 0 Å². The minimum Gasteiger partial charge on any atom is -0.395 e. The highest BCUT2D eigenvalue weighted by Crippen LogP contribution is 2.44. The molecular weight excluding hydrogens is 250 g/mol. The molecule has 106 valence electrons. The first kappa shape index (κ1) is 14.6. The van der Waals surface area contributed by atoms with Gasteiger partial charge in [0.15, 0.2) is 0 Å². The highest BCUT2D eigenvalue weighted by Gasteiger charge is 2.46. The van der Waals surface area contributed by atoms with E-state index in [4.69, 9.17) is 5.11 Å². The van der Waals surface area contributed by atoms with Crippen LogP contribution in [0.3, 0.4) is 0 Å². The average molecular weight is 271 g/mol. The van der Waals surface area contributed by atoms with E-state index in [-0.39, 0.29) is 24.0 Å². The molecule has 1 amide bonds. The number of hydrogen-bond donors (Lipinski definition) is 2. The second-order valence-corrected chi connectivity index (χ2v) is 6.08. The lowest BCUT2D eigenvalue weighted by Crippen LogP contribution is -2.28. The zero-order valence-corrected chi connectivity index (χ0v) is 12.3. The summed E-state index contributed by atoms with van der Waals surface area (Å²) < 4.78 is 0. The van der Waals surface area contributed by atoms with Gasteiger partial charge in [0.25, 0.3) is 5.91 Å². The van der Waals surface area contributed by atoms with E-state index in [1.807, 2.05) is 25.1 Å². The molecule has 1 aromatic rings. The van der Waals surface area contributed by atoms with Gasteiger partial charge in [-0.15, -0.1) is 0 Å². The minimum atomic E-state index is -0.0329. The monoisotopic (exact) mass is 271 g/mol. The summed E-state index contributed by atoms with van der Waals surface area (Å²) in [5, 5.41) is 11.8. The molecule has 2 rings (SSSR count). The predicted octanol–water partition coefficient (Wildman–Crippen LogP) is 2.26. The van der Waals surface area contributed by atoms with Gasteiger partial charge < -0.3 is 10.4 Å². The van der Waals surface area contributed by atoms with Crippen LogP contribution in [0.5, 0.6) is 0 Å². The number of aliphatic hydroxyl groups excluding tert-OH is 1. The Labute approximate surface area is 120 Å². The van der Waals surface area contributed by atoms with Gasteiger partial charge >= 0.3 is 0 Å². The topological polar surface area (TPSA) is 49.3 Å². The Morgan fingerprint density at radius 2 is 2.15 bits per heavy atom. The maximum absolute atomic E-state index is 12.2. The Morgan fingerprint density at radius 3 is 2.75 bits per heavy atom. The molecule has 2 N–H and O–H groups in total.